The molecule has 0 atom stereocenters. The number of benzene rings is 2. The van der Waals surface area contributed by atoms with E-state index in [1.807, 2.05) is 54.6 Å². The summed E-state index contributed by atoms with van der Waals surface area (Å²) in [6.07, 6.45) is 4.76. The van der Waals surface area contributed by atoms with Crippen LogP contribution in [-0.2, 0) is 6.54 Å². The molecule has 0 spiro atoms. The summed E-state index contributed by atoms with van der Waals surface area (Å²) in [5.41, 5.74) is 10.4. The van der Waals surface area contributed by atoms with Crippen LogP contribution in [0.3, 0.4) is 0 Å². The van der Waals surface area contributed by atoms with Crippen molar-refractivity contribution in [1.82, 2.24) is 19.2 Å². The summed E-state index contributed by atoms with van der Waals surface area (Å²) in [5.74, 6) is 0.228. The van der Waals surface area contributed by atoms with Gasteiger partial charge in [0.05, 0.1) is 23.3 Å². The molecule has 4 aromatic rings. The zero-order valence-corrected chi connectivity index (χ0v) is 16.4. The van der Waals surface area contributed by atoms with Gasteiger partial charge in [-0.1, -0.05) is 42.8 Å². The number of hydrogen-bond acceptors (Lipinski definition) is 5. The van der Waals surface area contributed by atoms with E-state index in [0.29, 0.717) is 16.7 Å². The Balaban J connectivity index is 1.78. The van der Waals surface area contributed by atoms with Crippen molar-refractivity contribution in [3.8, 4) is 0 Å². The maximum Gasteiger partial charge on any atom is 0.351 e. The van der Waals surface area contributed by atoms with Gasteiger partial charge in [0.1, 0.15) is 0 Å². The second-order valence-electron chi connectivity index (χ2n) is 6.86. The summed E-state index contributed by atoms with van der Waals surface area (Å²) < 4.78 is 2.91. The Kier molecular flexibility index (Phi) is 4.95. The summed E-state index contributed by atoms with van der Waals surface area (Å²) in [5, 5.41) is 4.44. The average molecular weight is 386 g/mol. The standard InChI is InChI=1S/C22H22N6O/c1-3-15(2)12-13-24-17-9-5-4-8-16(17)14-27-22(29)28-19-11-7-6-10-18(19)25-20(23)21(28)26-27/h4-13H,3,14H2,1-2H3,(H2,23,25)/b15-12+,24-13?. The zero-order valence-electron chi connectivity index (χ0n) is 16.4. The molecule has 4 rings (SSSR count). The Morgan fingerprint density at radius 1 is 1.17 bits per heavy atom. The maximum absolute atomic E-state index is 13.1. The number of hydrogen-bond donors (Lipinski definition) is 1. The van der Waals surface area contributed by atoms with Gasteiger partial charge < -0.3 is 5.73 Å². The van der Waals surface area contributed by atoms with Gasteiger partial charge in [-0.15, -0.1) is 5.10 Å². The number of rotatable bonds is 5. The van der Waals surface area contributed by atoms with E-state index >= 15 is 0 Å². The van der Waals surface area contributed by atoms with Crippen LogP contribution in [0.25, 0.3) is 16.7 Å². The summed E-state index contributed by atoms with van der Waals surface area (Å²) in [6, 6.07) is 15.1. The van der Waals surface area contributed by atoms with E-state index < -0.39 is 0 Å². The van der Waals surface area contributed by atoms with Crippen LogP contribution in [0.1, 0.15) is 25.8 Å². The molecule has 0 saturated carbocycles. The van der Waals surface area contributed by atoms with E-state index in [1.54, 1.807) is 6.21 Å². The van der Waals surface area contributed by atoms with Gasteiger partial charge in [-0.25, -0.2) is 18.9 Å². The largest absolute Gasteiger partial charge is 0.381 e. The van der Waals surface area contributed by atoms with E-state index in [4.69, 9.17) is 5.73 Å². The second kappa shape index (κ2) is 7.71. The van der Waals surface area contributed by atoms with E-state index in [9.17, 15) is 4.79 Å². The van der Waals surface area contributed by atoms with Gasteiger partial charge in [-0.2, -0.15) is 0 Å². The van der Waals surface area contributed by atoms with Crippen molar-refractivity contribution in [2.75, 3.05) is 5.73 Å². The van der Waals surface area contributed by atoms with Gasteiger partial charge in [0.15, 0.2) is 5.82 Å². The zero-order chi connectivity index (χ0) is 20.4. The fraction of sp³-hybridized carbons (Fsp3) is 0.182. The van der Waals surface area contributed by atoms with Crippen molar-refractivity contribution in [2.24, 2.45) is 4.99 Å². The summed E-state index contributed by atoms with van der Waals surface area (Å²) in [7, 11) is 0. The number of nitrogen functional groups attached to an aromatic ring is 1. The van der Waals surface area contributed by atoms with E-state index in [1.165, 1.54) is 14.7 Å². The van der Waals surface area contributed by atoms with Crippen molar-refractivity contribution >= 4 is 34.4 Å². The Hall–Kier alpha value is -3.74. The molecule has 0 unspecified atom stereocenters. The first-order valence-electron chi connectivity index (χ1n) is 9.50. The summed E-state index contributed by atoms with van der Waals surface area (Å²) >= 11 is 0. The number of fused-ring (bicyclic) bond motifs is 3. The third kappa shape index (κ3) is 3.54. The molecule has 146 valence electrons. The summed E-state index contributed by atoms with van der Waals surface area (Å²) in [4.78, 5) is 22.0. The molecule has 29 heavy (non-hydrogen) atoms. The molecule has 0 radical (unpaired) electrons. The van der Waals surface area contributed by atoms with Crippen LogP contribution in [0.4, 0.5) is 11.5 Å². The Morgan fingerprint density at radius 3 is 2.76 bits per heavy atom. The molecule has 7 nitrogen and oxygen atoms in total. The lowest BCUT2D eigenvalue weighted by Crippen LogP contribution is -2.22. The number of aromatic nitrogens is 4. The number of nitrogens with two attached hydrogens (primary N) is 1. The first-order chi connectivity index (χ1) is 14.1. The molecule has 0 bridgehead atoms. The highest BCUT2D eigenvalue weighted by molar-refractivity contribution is 5.81. The number of aliphatic imine (C=N–C) groups is 1. The molecule has 0 saturated heterocycles. The maximum atomic E-state index is 13.1. The lowest BCUT2D eigenvalue weighted by molar-refractivity contribution is 0.661. The van der Waals surface area contributed by atoms with Crippen molar-refractivity contribution < 1.29 is 0 Å². The number of anilines is 1. The van der Waals surface area contributed by atoms with Gasteiger partial charge >= 0.3 is 5.69 Å². The monoisotopic (exact) mass is 386 g/mol. The summed E-state index contributed by atoms with van der Waals surface area (Å²) in [6.45, 7) is 4.46. The lowest BCUT2D eigenvalue weighted by atomic mass is 10.2. The fourth-order valence-corrected chi connectivity index (χ4v) is 3.12. The van der Waals surface area contributed by atoms with Gasteiger partial charge in [-0.3, -0.25) is 4.99 Å². The van der Waals surface area contributed by atoms with Gasteiger partial charge in [0, 0.05) is 6.21 Å². The van der Waals surface area contributed by atoms with Gasteiger partial charge in [0.25, 0.3) is 0 Å². The predicted octanol–water partition coefficient (Wildman–Crippen LogP) is 3.73. The van der Waals surface area contributed by atoms with Gasteiger partial charge in [-0.05, 0) is 43.2 Å². The number of nitrogens with zero attached hydrogens (tertiary/aromatic N) is 5. The van der Waals surface area contributed by atoms with Crippen LogP contribution in [0.5, 0.6) is 0 Å². The number of allylic oxidation sites excluding steroid dienone is 2. The highest BCUT2D eigenvalue weighted by Crippen LogP contribution is 2.20. The molecule has 0 fully saturated rings. The smallest absolute Gasteiger partial charge is 0.351 e. The molecule has 0 aliphatic carbocycles. The topological polar surface area (TPSA) is 90.6 Å². The third-order valence-corrected chi connectivity index (χ3v) is 4.87. The van der Waals surface area contributed by atoms with E-state index in [0.717, 1.165) is 17.7 Å². The first kappa shape index (κ1) is 18.6. The molecular formula is C22H22N6O. The van der Waals surface area contributed by atoms with Crippen molar-refractivity contribution in [3.63, 3.8) is 0 Å². The Bertz CT molecular complexity index is 1310. The highest BCUT2D eigenvalue weighted by Gasteiger charge is 2.15. The Labute approximate surface area is 167 Å². The average Bonchev–Trinajstić information content (AvgIpc) is 3.06. The molecule has 2 aromatic carbocycles. The fourth-order valence-electron chi connectivity index (χ4n) is 3.12. The molecule has 2 N–H and O–H groups in total. The van der Waals surface area contributed by atoms with Gasteiger partial charge in [0.2, 0.25) is 5.65 Å². The molecule has 0 aliphatic heterocycles. The third-order valence-electron chi connectivity index (χ3n) is 4.87. The minimum Gasteiger partial charge on any atom is -0.381 e. The minimum absolute atomic E-state index is 0.228. The molecule has 0 aliphatic rings. The van der Waals surface area contributed by atoms with Crippen molar-refractivity contribution in [2.45, 2.75) is 26.8 Å². The van der Waals surface area contributed by atoms with E-state index in [2.05, 4.69) is 28.9 Å². The predicted molar refractivity (Wildman–Crippen MR) is 117 cm³/mol. The SMILES string of the molecule is CC/C(C)=C/C=Nc1ccccc1Cn1nc2c(N)nc3ccccc3n2c1=O. The Morgan fingerprint density at radius 2 is 1.93 bits per heavy atom. The number of para-hydroxylation sites is 3. The second-order valence-corrected chi connectivity index (χ2v) is 6.86. The van der Waals surface area contributed by atoms with Crippen molar-refractivity contribution in [1.29, 1.82) is 0 Å². The first-order valence-corrected chi connectivity index (χ1v) is 9.50. The molecule has 2 aromatic heterocycles. The van der Waals surface area contributed by atoms with Crippen LogP contribution in [0.15, 0.2) is 70.0 Å². The van der Waals surface area contributed by atoms with Crippen molar-refractivity contribution in [3.05, 3.63) is 76.2 Å². The van der Waals surface area contributed by atoms with Crippen LogP contribution >= 0.6 is 0 Å². The molecular weight excluding hydrogens is 364 g/mol. The van der Waals surface area contributed by atoms with E-state index in [-0.39, 0.29) is 18.1 Å². The molecule has 0 amide bonds. The molecule has 7 heteroatoms. The molecule has 2 heterocycles. The lowest BCUT2D eigenvalue weighted by Gasteiger charge is -2.04. The normalized spacial score (nSPS) is 12.4. The van der Waals surface area contributed by atoms with Crippen LogP contribution in [-0.4, -0.2) is 25.4 Å². The minimum atomic E-state index is -0.259. The quantitative estimate of drug-likeness (QED) is 0.529. The van der Waals surface area contributed by atoms with Crippen LogP contribution < -0.4 is 11.4 Å². The highest BCUT2D eigenvalue weighted by atomic mass is 16.2. The van der Waals surface area contributed by atoms with Crippen LogP contribution in [0, 0.1) is 0 Å². The van der Waals surface area contributed by atoms with Crippen LogP contribution in [0.2, 0.25) is 0 Å².